The van der Waals surface area contributed by atoms with Gasteiger partial charge in [0, 0.05) is 42.1 Å². The Labute approximate surface area is 202 Å². The molecule has 2 aliphatic heterocycles. The average molecular weight is 485 g/mol. The van der Waals surface area contributed by atoms with Gasteiger partial charge in [0.2, 0.25) is 10.0 Å². The zero-order chi connectivity index (χ0) is 23.9. The number of hydrogen-bond acceptors (Lipinski definition) is 4. The van der Waals surface area contributed by atoms with Gasteiger partial charge in [-0.25, -0.2) is 12.7 Å². The number of aryl methyl sites for hydroxylation is 1. The highest BCUT2D eigenvalue weighted by atomic mass is 32.2. The van der Waals surface area contributed by atoms with E-state index in [9.17, 15) is 13.2 Å². The first-order chi connectivity index (χ1) is 16.3. The van der Waals surface area contributed by atoms with Crippen molar-refractivity contribution in [2.24, 2.45) is 10.9 Å². The molecule has 0 radical (unpaired) electrons. The van der Waals surface area contributed by atoms with E-state index in [4.69, 9.17) is 4.99 Å². The van der Waals surface area contributed by atoms with Crippen LogP contribution < -0.4 is 5.32 Å². The largest absolute Gasteiger partial charge is 0.345 e. The summed E-state index contributed by atoms with van der Waals surface area (Å²) in [5, 5.41) is 4.17. The zero-order valence-corrected chi connectivity index (χ0v) is 21.1. The summed E-state index contributed by atoms with van der Waals surface area (Å²) in [4.78, 5) is 17.7. The third-order valence-corrected chi connectivity index (χ3v) is 9.84. The van der Waals surface area contributed by atoms with Gasteiger partial charge in [-0.05, 0) is 63.6 Å². The van der Waals surface area contributed by atoms with Crippen molar-refractivity contribution in [1.82, 2.24) is 14.2 Å². The highest BCUT2D eigenvalue weighted by molar-refractivity contribution is 7.89. The molecule has 2 aromatic rings. The second-order valence-corrected chi connectivity index (χ2v) is 12.5. The summed E-state index contributed by atoms with van der Waals surface area (Å²) in [6, 6.07) is 8.56. The minimum absolute atomic E-state index is 0.0357. The van der Waals surface area contributed by atoms with Crippen LogP contribution in [0.2, 0.25) is 0 Å². The van der Waals surface area contributed by atoms with Crippen molar-refractivity contribution in [3.63, 3.8) is 0 Å². The first kappa shape index (κ1) is 23.5. The first-order valence-electron chi connectivity index (χ1n) is 12.8. The van der Waals surface area contributed by atoms with Crippen molar-refractivity contribution in [2.75, 3.05) is 18.8 Å². The van der Waals surface area contributed by atoms with Crippen LogP contribution >= 0.6 is 0 Å². The molecule has 1 aromatic carbocycles. The van der Waals surface area contributed by atoms with Gasteiger partial charge in [0.25, 0.3) is 5.91 Å². The molecule has 7 nitrogen and oxygen atoms in total. The van der Waals surface area contributed by atoms with E-state index < -0.39 is 15.6 Å². The van der Waals surface area contributed by atoms with Crippen LogP contribution in [-0.4, -0.2) is 53.4 Å². The molecule has 34 heavy (non-hydrogen) atoms. The van der Waals surface area contributed by atoms with Crippen molar-refractivity contribution in [1.29, 1.82) is 0 Å². The number of aromatic nitrogens is 1. The van der Waals surface area contributed by atoms with Crippen LogP contribution in [0.1, 0.15) is 70.4 Å². The maximum atomic E-state index is 13.2. The molecule has 8 heteroatoms. The van der Waals surface area contributed by atoms with Gasteiger partial charge in [-0.1, -0.05) is 31.4 Å². The number of nitrogens with zero attached hydrogens (tertiary/aromatic N) is 3. The number of carbonyl (C=O) groups excluding carboxylic acids is 1. The van der Waals surface area contributed by atoms with Gasteiger partial charge < -0.3 is 9.88 Å². The summed E-state index contributed by atoms with van der Waals surface area (Å²) < 4.78 is 30.2. The van der Waals surface area contributed by atoms with Gasteiger partial charge in [0.1, 0.15) is 11.4 Å². The number of rotatable bonds is 6. The molecular formula is C26H36N4O3S. The van der Waals surface area contributed by atoms with Crippen LogP contribution in [0.25, 0.3) is 10.9 Å². The number of fused-ring (bicyclic) bond motifs is 1. The second-order valence-electron chi connectivity index (χ2n) is 10.4. The number of carbonyl (C=O) groups is 1. The molecule has 5 rings (SSSR count). The highest BCUT2D eigenvalue weighted by Gasteiger charge is 2.48. The van der Waals surface area contributed by atoms with Crippen molar-refractivity contribution >= 4 is 32.7 Å². The van der Waals surface area contributed by atoms with Crippen molar-refractivity contribution in [3.05, 3.63) is 36.0 Å². The summed E-state index contributed by atoms with van der Waals surface area (Å²) in [5.41, 5.74) is 1.43. The normalized spacial score (nSPS) is 22.0. The Bertz CT molecular complexity index is 1200. The standard InChI is InChI=1S/C26H36N4O3S/c1-19(2)30-15-11-22-20(9-6-10-23(22)30)12-18-34(32,33)29-16-13-26(14-17-29)25(31)27-24(28-26)21-7-4-3-5-8-21/h6,9-11,15,19,21H,3-5,7-8,12-14,16-18H2,1-2H3,(H,27,28,31). The van der Waals surface area contributed by atoms with E-state index in [2.05, 4.69) is 42.1 Å². The lowest BCUT2D eigenvalue weighted by atomic mass is 9.88. The molecule has 0 bridgehead atoms. The van der Waals surface area contributed by atoms with Crippen LogP contribution in [-0.2, 0) is 21.2 Å². The molecule has 1 N–H and O–H groups in total. The van der Waals surface area contributed by atoms with Crippen LogP contribution in [0.5, 0.6) is 0 Å². The molecule has 1 saturated heterocycles. The molecule has 1 saturated carbocycles. The average Bonchev–Trinajstić information content (AvgIpc) is 3.41. The third kappa shape index (κ3) is 4.31. The summed E-state index contributed by atoms with van der Waals surface area (Å²) in [6.45, 7) is 5.00. The van der Waals surface area contributed by atoms with Gasteiger partial charge >= 0.3 is 0 Å². The monoisotopic (exact) mass is 484 g/mol. The highest BCUT2D eigenvalue weighted by Crippen LogP contribution is 2.35. The lowest BCUT2D eigenvalue weighted by Gasteiger charge is -2.34. The van der Waals surface area contributed by atoms with E-state index in [0.717, 1.165) is 35.1 Å². The molecule has 1 spiro atoms. The number of amides is 1. The number of nitrogens with one attached hydrogen (secondary N) is 1. The van der Waals surface area contributed by atoms with Crippen LogP contribution in [0, 0.1) is 5.92 Å². The lowest BCUT2D eigenvalue weighted by Crippen LogP contribution is -2.51. The minimum atomic E-state index is -3.41. The Balaban J connectivity index is 1.24. The van der Waals surface area contributed by atoms with Gasteiger partial charge in [-0.2, -0.15) is 0 Å². The molecule has 3 heterocycles. The van der Waals surface area contributed by atoms with Gasteiger partial charge in [0.05, 0.1) is 5.75 Å². The predicted molar refractivity (Wildman–Crippen MR) is 136 cm³/mol. The van der Waals surface area contributed by atoms with Crippen molar-refractivity contribution in [2.45, 2.75) is 76.8 Å². The van der Waals surface area contributed by atoms with Gasteiger partial charge in [-0.15, -0.1) is 0 Å². The fourth-order valence-electron chi connectivity index (χ4n) is 5.87. The predicted octanol–water partition coefficient (Wildman–Crippen LogP) is 4.04. The quantitative estimate of drug-likeness (QED) is 0.672. The number of benzene rings is 1. The van der Waals surface area contributed by atoms with E-state index in [-0.39, 0.29) is 11.7 Å². The Morgan fingerprint density at radius 2 is 1.85 bits per heavy atom. The third-order valence-electron chi connectivity index (χ3n) is 7.97. The smallest absolute Gasteiger partial charge is 0.253 e. The van der Waals surface area contributed by atoms with E-state index in [1.807, 2.05) is 12.1 Å². The number of piperidine rings is 1. The maximum absolute atomic E-state index is 13.2. The molecule has 1 amide bonds. The molecule has 1 aromatic heterocycles. The van der Waals surface area contributed by atoms with Crippen LogP contribution in [0.4, 0.5) is 0 Å². The SMILES string of the molecule is CC(C)n1ccc2c(CCS(=O)(=O)N3CCC4(CC3)N=C(C3CCCCC3)NC4=O)cccc21. The minimum Gasteiger partial charge on any atom is -0.345 e. The summed E-state index contributed by atoms with van der Waals surface area (Å²) >= 11 is 0. The zero-order valence-electron chi connectivity index (χ0n) is 20.3. The van der Waals surface area contributed by atoms with E-state index in [0.29, 0.717) is 44.3 Å². The van der Waals surface area contributed by atoms with Crippen molar-refractivity contribution < 1.29 is 13.2 Å². The Kier molecular flexibility index (Phi) is 6.31. The molecule has 2 fully saturated rings. The van der Waals surface area contributed by atoms with E-state index in [1.165, 1.54) is 19.3 Å². The second kappa shape index (κ2) is 9.11. The molecule has 3 aliphatic rings. The van der Waals surface area contributed by atoms with E-state index in [1.54, 1.807) is 4.31 Å². The van der Waals surface area contributed by atoms with Crippen LogP contribution in [0.3, 0.4) is 0 Å². The molecule has 0 unspecified atom stereocenters. The number of sulfonamides is 1. The molecular weight excluding hydrogens is 448 g/mol. The fourth-order valence-corrected chi connectivity index (χ4v) is 7.35. The Morgan fingerprint density at radius 3 is 2.56 bits per heavy atom. The first-order valence-corrected chi connectivity index (χ1v) is 14.4. The maximum Gasteiger partial charge on any atom is 0.253 e. The number of aliphatic imine (C=N–C) groups is 1. The number of amidine groups is 1. The fraction of sp³-hybridized carbons (Fsp3) is 0.615. The van der Waals surface area contributed by atoms with Crippen molar-refractivity contribution in [3.8, 4) is 0 Å². The van der Waals surface area contributed by atoms with Crippen LogP contribution in [0.15, 0.2) is 35.5 Å². The van der Waals surface area contributed by atoms with Gasteiger partial charge in [0.15, 0.2) is 0 Å². The lowest BCUT2D eigenvalue weighted by molar-refractivity contribution is -0.125. The summed E-state index contributed by atoms with van der Waals surface area (Å²) in [6.07, 6.45) is 9.28. The molecule has 0 atom stereocenters. The summed E-state index contributed by atoms with van der Waals surface area (Å²) in [5.74, 6) is 1.25. The molecule has 184 valence electrons. The molecule has 1 aliphatic carbocycles. The summed E-state index contributed by atoms with van der Waals surface area (Å²) in [7, 11) is -3.41. The van der Waals surface area contributed by atoms with Gasteiger partial charge in [-0.3, -0.25) is 9.79 Å². The number of hydrogen-bond donors (Lipinski definition) is 1. The Hall–Kier alpha value is -2.19. The topological polar surface area (TPSA) is 83.8 Å². The van der Waals surface area contributed by atoms with E-state index >= 15 is 0 Å². The Morgan fingerprint density at radius 1 is 1.12 bits per heavy atom.